The van der Waals surface area contributed by atoms with Crippen molar-refractivity contribution in [1.29, 1.82) is 0 Å². The smallest absolute Gasteiger partial charge is 0.251 e. The number of hydrogen-bond acceptors (Lipinski definition) is 5. The summed E-state index contributed by atoms with van der Waals surface area (Å²) in [5.41, 5.74) is 5.29. The fraction of sp³-hybridized carbons (Fsp3) is 0.429. The molecular formula is C28H34N4O2S. The first kappa shape index (κ1) is 24.0. The average molecular weight is 491 g/mol. The Morgan fingerprint density at radius 1 is 1.14 bits per heavy atom. The highest BCUT2D eigenvalue weighted by atomic mass is 32.1. The molecule has 1 N–H and O–H groups in total. The van der Waals surface area contributed by atoms with E-state index in [0.717, 1.165) is 78.5 Å². The Kier molecular flexibility index (Phi) is 7.46. The van der Waals surface area contributed by atoms with Crippen LogP contribution in [0.25, 0.3) is 26.4 Å². The van der Waals surface area contributed by atoms with E-state index in [1.54, 1.807) is 11.3 Å². The first-order chi connectivity index (χ1) is 17.2. The predicted octanol–water partition coefficient (Wildman–Crippen LogP) is 5.57. The minimum absolute atomic E-state index is 0.0113. The number of carbonyl (C=O) groups is 1. The van der Waals surface area contributed by atoms with Gasteiger partial charge in [0.05, 0.1) is 15.9 Å². The first-order valence-corrected chi connectivity index (χ1v) is 13.6. The minimum atomic E-state index is -0.0113. The van der Waals surface area contributed by atoms with Gasteiger partial charge in [-0.15, -0.1) is 0 Å². The molecule has 2 aromatic heterocycles. The van der Waals surface area contributed by atoms with E-state index >= 15 is 0 Å². The van der Waals surface area contributed by atoms with Crippen LogP contribution in [0.5, 0.6) is 0 Å². The molecule has 1 saturated heterocycles. The molecule has 1 aliphatic heterocycles. The van der Waals surface area contributed by atoms with Crippen LogP contribution in [0.4, 0.5) is 0 Å². The van der Waals surface area contributed by atoms with Crippen molar-refractivity contribution in [2.45, 2.75) is 39.0 Å². The Hall–Kier alpha value is -2.74. The fourth-order valence-electron chi connectivity index (χ4n) is 4.88. The van der Waals surface area contributed by atoms with Crippen LogP contribution in [0.3, 0.4) is 0 Å². The van der Waals surface area contributed by atoms with Crippen molar-refractivity contribution in [3.05, 3.63) is 59.8 Å². The number of amides is 1. The maximum absolute atomic E-state index is 12.7. The van der Waals surface area contributed by atoms with Crippen LogP contribution < -0.4 is 5.32 Å². The average Bonchev–Trinajstić information content (AvgIpc) is 3.47. The van der Waals surface area contributed by atoms with Gasteiger partial charge in [0.25, 0.3) is 5.91 Å². The highest BCUT2D eigenvalue weighted by Gasteiger charge is 2.17. The lowest BCUT2D eigenvalue weighted by molar-refractivity contribution is 0.0853. The number of nitrogens with one attached hydrogen (secondary N) is 1. The highest BCUT2D eigenvalue weighted by molar-refractivity contribution is 7.23. The molecule has 4 aromatic rings. The number of thiazole rings is 1. The molecule has 5 rings (SSSR count). The minimum Gasteiger partial charge on any atom is -0.381 e. The number of nitrogens with zero attached hydrogens (tertiary/aromatic N) is 3. The Labute approximate surface area is 210 Å². The predicted molar refractivity (Wildman–Crippen MR) is 144 cm³/mol. The van der Waals surface area contributed by atoms with Crippen molar-refractivity contribution >= 4 is 32.4 Å². The number of aromatic nitrogens is 2. The van der Waals surface area contributed by atoms with Gasteiger partial charge >= 0.3 is 0 Å². The summed E-state index contributed by atoms with van der Waals surface area (Å²) in [4.78, 5) is 20.9. The van der Waals surface area contributed by atoms with E-state index in [0.29, 0.717) is 18.0 Å². The van der Waals surface area contributed by atoms with E-state index in [1.165, 1.54) is 5.56 Å². The quantitative estimate of drug-likeness (QED) is 0.312. The molecule has 7 heteroatoms. The summed E-state index contributed by atoms with van der Waals surface area (Å²) in [7, 11) is 0. The van der Waals surface area contributed by atoms with Crippen LogP contribution in [0.1, 0.15) is 54.9 Å². The van der Waals surface area contributed by atoms with Gasteiger partial charge in [-0.05, 0) is 68.6 Å². The second kappa shape index (κ2) is 10.9. The SMILES string of the molecule is CCN(CC)CCCNC(=O)c1ccc2c(c1)sc1nc(-c3ccc(C4CCOCC4)cc3)cn12. The molecule has 0 radical (unpaired) electrons. The van der Waals surface area contributed by atoms with E-state index in [9.17, 15) is 4.79 Å². The third-order valence-electron chi connectivity index (χ3n) is 7.09. The van der Waals surface area contributed by atoms with Crippen LogP contribution in [0.2, 0.25) is 0 Å². The summed E-state index contributed by atoms with van der Waals surface area (Å²) in [6.45, 7) is 9.85. The van der Waals surface area contributed by atoms with Crippen molar-refractivity contribution < 1.29 is 9.53 Å². The zero-order chi connectivity index (χ0) is 24.2. The second-order valence-electron chi connectivity index (χ2n) is 9.21. The molecule has 0 bridgehead atoms. The summed E-state index contributed by atoms with van der Waals surface area (Å²) in [5.74, 6) is 0.587. The number of rotatable bonds is 9. The molecule has 0 unspecified atom stereocenters. The van der Waals surface area contributed by atoms with Gasteiger partial charge in [-0.2, -0.15) is 0 Å². The van der Waals surface area contributed by atoms with Crippen LogP contribution in [0, 0.1) is 0 Å². The number of carbonyl (C=O) groups excluding carboxylic acids is 1. The Morgan fingerprint density at radius 3 is 2.66 bits per heavy atom. The fourth-order valence-corrected chi connectivity index (χ4v) is 5.93. The molecule has 0 atom stereocenters. The number of benzene rings is 2. The molecule has 0 aliphatic carbocycles. The van der Waals surface area contributed by atoms with Gasteiger partial charge < -0.3 is 15.0 Å². The molecular weight excluding hydrogens is 456 g/mol. The van der Waals surface area contributed by atoms with E-state index in [-0.39, 0.29) is 5.91 Å². The molecule has 0 spiro atoms. The molecule has 1 amide bonds. The van der Waals surface area contributed by atoms with E-state index < -0.39 is 0 Å². The lowest BCUT2D eigenvalue weighted by Crippen LogP contribution is -2.29. The second-order valence-corrected chi connectivity index (χ2v) is 10.2. The van der Waals surface area contributed by atoms with Crippen molar-refractivity contribution in [3.63, 3.8) is 0 Å². The summed E-state index contributed by atoms with van der Waals surface area (Å²) in [6, 6.07) is 14.8. The topological polar surface area (TPSA) is 58.9 Å². The third kappa shape index (κ3) is 5.27. The Morgan fingerprint density at radius 2 is 1.91 bits per heavy atom. The monoisotopic (exact) mass is 490 g/mol. The van der Waals surface area contributed by atoms with Gasteiger partial charge in [0, 0.05) is 37.1 Å². The maximum Gasteiger partial charge on any atom is 0.251 e. The zero-order valence-electron chi connectivity index (χ0n) is 20.6. The summed E-state index contributed by atoms with van der Waals surface area (Å²) < 4.78 is 8.70. The standard InChI is InChI=1S/C28H34N4O2S/c1-3-31(4-2)15-5-14-29-27(33)23-10-11-25-26(18-23)35-28-30-24(19-32(25)28)22-8-6-20(7-9-22)21-12-16-34-17-13-21/h6-11,18-19,21H,3-5,12-17H2,1-2H3,(H,29,33). The van der Waals surface area contributed by atoms with Crippen molar-refractivity contribution in [3.8, 4) is 11.3 Å². The summed E-state index contributed by atoms with van der Waals surface area (Å²) in [5, 5.41) is 3.06. The van der Waals surface area contributed by atoms with E-state index in [1.807, 2.05) is 18.2 Å². The molecule has 3 heterocycles. The summed E-state index contributed by atoms with van der Waals surface area (Å²) >= 11 is 1.62. The van der Waals surface area contributed by atoms with Gasteiger partial charge in [0.1, 0.15) is 0 Å². The first-order valence-electron chi connectivity index (χ1n) is 12.8. The molecule has 2 aromatic carbocycles. The molecule has 1 aliphatic rings. The van der Waals surface area contributed by atoms with Crippen molar-refractivity contribution in [2.24, 2.45) is 0 Å². The third-order valence-corrected chi connectivity index (χ3v) is 8.10. The van der Waals surface area contributed by atoms with Crippen LogP contribution in [-0.4, -0.2) is 59.6 Å². The van der Waals surface area contributed by atoms with Crippen LogP contribution in [-0.2, 0) is 4.74 Å². The maximum atomic E-state index is 12.7. The van der Waals surface area contributed by atoms with Gasteiger partial charge in [-0.1, -0.05) is 49.4 Å². The Bertz CT molecular complexity index is 1280. The Balaban J connectivity index is 1.27. The molecule has 1 fully saturated rings. The van der Waals surface area contributed by atoms with Gasteiger partial charge in [0.2, 0.25) is 0 Å². The highest BCUT2D eigenvalue weighted by Crippen LogP contribution is 2.32. The summed E-state index contributed by atoms with van der Waals surface area (Å²) in [6.07, 6.45) is 5.26. The van der Waals surface area contributed by atoms with Gasteiger partial charge in [0.15, 0.2) is 4.96 Å². The number of hydrogen-bond donors (Lipinski definition) is 1. The van der Waals surface area contributed by atoms with Crippen molar-refractivity contribution in [2.75, 3.05) is 39.4 Å². The van der Waals surface area contributed by atoms with E-state index in [4.69, 9.17) is 9.72 Å². The number of ether oxygens (including phenoxy) is 1. The normalized spacial score (nSPS) is 14.8. The van der Waals surface area contributed by atoms with Crippen molar-refractivity contribution in [1.82, 2.24) is 19.6 Å². The number of imidazole rings is 1. The van der Waals surface area contributed by atoms with Gasteiger partial charge in [-0.25, -0.2) is 4.98 Å². The van der Waals surface area contributed by atoms with E-state index in [2.05, 4.69) is 58.9 Å². The van der Waals surface area contributed by atoms with Crippen LogP contribution >= 0.6 is 11.3 Å². The largest absolute Gasteiger partial charge is 0.381 e. The lowest BCUT2D eigenvalue weighted by atomic mass is 9.91. The molecule has 35 heavy (non-hydrogen) atoms. The zero-order valence-corrected chi connectivity index (χ0v) is 21.4. The lowest BCUT2D eigenvalue weighted by Gasteiger charge is -2.22. The molecule has 184 valence electrons. The van der Waals surface area contributed by atoms with Gasteiger partial charge in [-0.3, -0.25) is 9.20 Å². The molecule has 0 saturated carbocycles. The molecule has 6 nitrogen and oxygen atoms in total. The van der Waals surface area contributed by atoms with Crippen LogP contribution in [0.15, 0.2) is 48.7 Å². The number of fused-ring (bicyclic) bond motifs is 3.